The van der Waals surface area contributed by atoms with Crippen LogP contribution in [-0.2, 0) is 7.05 Å². The molecule has 2 heterocycles. The summed E-state index contributed by atoms with van der Waals surface area (Å²) >= 11 is 0. The minimum atomic E-state index is -0.363. The van der Waals surface area contributed by atoms with Gasteiger partial charge in [0, 0.05) is 24.7 Å². The average molecular weight is 282 g/mol. The molecule has 0 unspecified atom stereocenters. The Kier molecular flexibility index (Phi) is 3.02. The van der Waals surface area contributed by atoms with Crippen molar-refractivity contribution in [1.29, 1.82) is 0 Å². The lowest BCUT2D eigenvalue weighted by atomic mass is 10.1. The third-order valence-corrected chi connectivity index (χ3v) is 3.04. The molecule has 0 saturated carbocycles. The maximum Gasteiger partial charge on any atom is 0.276 e. The predicted octanol–water partition coefficient (Wildman–Crippen LogP) is 1.51. The summed E-state index contributed by atoms with van der Waals surface area (Å²) in [6, 6.07) is 7.30. The van der Waals surface area contributed by atoms with Crippen LogP contribution in [0.2, 0.25) is 0 Å². The highest BCUT2D eigenvalue weighted by molar-refractivity contribution is 6.10. The molecule has 7 heteroatoms. The summed E-state index contributed by atoms with van der Waals surface area (Å²) in [7, 11) is 1.77. The molecule has 0 saturated heterocycles. The van der Waals surface area contributed by atoms with Crippen molar-refractivity contribution in [2.45, 2.75) is 6.92 Å². The van der Waals surface area contributed by atoms with E-state index < -0.39 is 0 Å². The summed E-state index contributed by atoms with van der Waals surface area (Å²) in [5.74, 6) is 0.163. The number of aryl methyl sites for hydroxylation is 2. The van der Waals surface area contributed by atoms with Crippen LogP contribution >= 0.6 is 0 Å². The molecule has 3 rings (SSSR count). The summed E-state index contributed by atoms with van der Waals surface area (Å²) in [6.45, 7) is 1.94. The molecule has 1 aromatic carbocycles. The van der Waals surface area contributed by atoms with Crippen molar-refractivity contribution in [3.05, 3.63) is 41.7 Å². The first kappa shape index (κ1) is 13.0. The highest BCUT2D eigenvalue weighted by Gasteiger charge is 2.15. The number of benzene rings is 1. The standard InChI is InChI=1S/C14H14N6O/c1-8-3-4-10-9(7-8)12(18-14(15)16-10)13(21)17-11-5-6-20(2)19-11/h3-7H,1-2H3,(H2,15,16,18)(H,17,19,21). The zero-order chi connectivity index (χ0) is 15.0. The molecule has 3 aromatic rings. The normalized spacial score (nSPS) is 10.8. The quantitative estimate of drug-likeness (QED) is 0.742. The minimum Gasteiger partial charge on any atom is -0.368 e. The van der Waals surface area contributed by atoms with E-state index in [0.717, 1.165) is 5.56 Å². The molecule has 2 aromatic heterocycles. The molecule has 3 N–H and O–H groups in total. The molecule has 0 spiro atoms. The van der Waals surface area contributed by atoms with Crippen molar-refractivity contribution in [3.8, 4) is 0 Å². The van der Waals surface area contributed by atoms with Crippen LogP contribution in [0.25, 0.3) is 10.9 Å². The van der Waals surface area contributed by atoms with Crippen molar-refractivity contribution in [3.63, 3.8) is 0 Å². The topological polar surface area (TPSA) is 98.7 Å². The van der Waals surface area contributed by atoms with Crippen molar-refractivity contribution in [2.24, 2.45) is 7.05 Å². The van der Waals surface area contributed by atoms with Crippen molar-refractivity contribution >= 4 is 28.6 Å². The van der Waals surface area contributed by atoms with Gasteiger partial charge < -0.3 is 11.1 Å². The van der Waals surface area contributed by atoms with Crippen LogP contribution in [0, 0.1) is 6.92 Å². The van der Waals surface area contributed by atoms with E-state index in [1.54, 1.807) is 24.0 Å². The summed E-state index contributed by atoms with van der Waals surface area (Å²) < 4.78 is 1.60. The molecule has 0 aliphatic carbocycles. The van der Waals surface area contributed by atoms with E-state index in [9.17, 15) is 4.79 Å². The van der Waals surface area contributed by atoms with Gasteiger partial charge in [0.15, 0.2) is 5.82 Å². The van der Waals surface area contributed by atoms with Gasteiger partial charge in [0.2, 0.25) is 5.95 Å². The van der Waals surface area contributed by atoms with Crippen molar-refractivity contribution in [2.75, 3.05) is 11.1 Å². The Morgan fingerprint density at radius 2 is 2.10 bits per heavy atom. The van der Waals surface area contributed by atoms with E-state index in [2.05, 4.69) is 20.4 Å². The van der Waals surface area contributed by atoms with Gasteiger partial charge in [-0.3, -0.25) is 9.48 Å². The summed E-state index contributed by atoms with van der Waals surface area (Å²) in [5, 5.41) is 7.47. The molecule has 0 bridgehead atoms. The van der Waals surface area contributed by atoms with Gasteiger partial charge in [-0.05, 0) is 19.1 Å². The van der Waals surface area contributed by atoms with E-state index in [4.69, 9.17) is 5.73 Å². The average Bonchev–Trinajstić information content (AvgIpc) is 2.83. The first-order chi connectivity index (χ1) is 10.0. The van der Waals surface area contributed by atoms with Crippen LogP contribution in [-0.4, -0.2) is 25.7 Å². The lowest BCUT2D eigenvalue weighted by Crippen LogP contribution is -2.16. The Balaban J connectivity index is 2.06. The summed E-state index contributed by atoms with van der Waals surface area (Å²) in [5.41, 5.74) is 7.57. The molecule has 7 nitrogen and oxygen atoms in total. The number of anilines is 2. The third kappa shape index (κ3) is 2.53. The number of carbonyl (C=O) groups is 1. The van der Waals surface area contributed by atoms with Crippen LogP contribution in [0.15, 0.2) is 30.5 Å². The maximum absolute atomic E-state index is 12.4. The van der Waals surface area contributed by atoms with Crippen LogP contribution in [0.5, 0.6) is 0 Å². The van der Waals surface area contributed by atoms with Crippen LogP contribution in [0.4, 0.5) is 11.8 Å². The first-order valence-electron chi connectivity index (χ1n) is 6.38. The SMILES string of the molecule is Cc1ccc2nc(N)nc(C(=O)Nc3ccn(C)n3)c2c1. The number of nitrogens with one attached hydrogen (secondary N) is 1. The highest BCUT2D eigenvalue weighted by Crippen LogP contribution is 2.19. The van der Waals surface area contributed by atoms with Gasteiger partial charge in [-0.1, -0.05) is 11.6 Å². The van der Waals surface area contributed by atoms with E-state index in [1.165, 1.54) is 0 Å². The molecule has 0 atom stereocenters. The Morgan fingerprint density at radius 1 is 1.29 bits per heavy atom. The number of hydrogen-bond donors (Lipinski definition) is 2. The maximum atomic E-state index is 12.4. The fraction of sp³-hybridized carbons (Fsp3) is 0.143. The number of fused-ring (bicyclic) bond motifs is 1. The number of nitrogens with two attached hydrogens (primary N) is 1. The van der Waals surface area contributed by atoms with E-state index in [0.29, 0.717) is 16.7 Å². The Morgan fingerprint density at radius 3 is 2.81 bits per heavy atom. The van der Waals surface area contributed by atoms with Gasteiger partial charge >= 0.3 is 0 Å². The minimum absolute atomic E-state index is 0.0672. The molecule has 1 amide bonds. The molecule has 21 heavy (non-hydrogen) atoms. The molecule has 106 valence electrons. The zero-order valence-corrected chi connectivity index (χ0v) is 11.7. The molecular weight excluding hydrogens is 268 g/mol. The van der Waals surface area contributed by atoms with Gasteiger partial charge in [0.25, 0.3) is 5.91 Å². The summed E-state index contributed by atoms with van der Waals surface area (Å²) in [6.07, 6.45) is 1.74. The highest BCUT2D eigenvalue weighted by atomic mass is 16.2. The Labute approximate surface area is 120 Å². The number of nitrogens with zero attached hydrogens (tertiary/aromatic N) is 4. The molecule has 0 fully saturated rings. The van der Waals surface area contributed by atoms with Crippen molar-refractivity contribution in [1.82, 2.24) is 19.7 Å². The molecule has 0 aliphatic rings. The van der Waals surface area contributed by atoms with E-state index in [1.807, 2.05) is 25.1 Å². The first-order valence-corrected chi connectivity index (χ1v) is 6.38. The number of nitrogen functional groups attached to an aromatic ring is 1. The monoisotopic (exact) mass is 282 g/mol. The third-order valence-electron chi connectivity index (χ3n) is 3.04. The second-order valence-electron chi connectivity index (χ2n) is 4.78. The van der Waals surface area contributed by atoms with Gasteiger partial charge in [-0.2, -0.15) is 5.10 Å². The number of hydrogen-bond acceptors (Lipinski definition) is 5. The fourth-order valence-electron chi connectivity index (χ4n) is 2.09. The van der Waals surface area contributed by atoms with Crippen molar-refractivity contribution < 1.29 is 4.79 Å². The van der Waals surface area contributed by atoms with Crippen LogP contribution in [0.3, 0.4) is 0 Å². The van der Waals surface area contributed by atoms with Gasteiger partial charge in [0.05, 0.1) is 5.52 Å². The fourth-order valence-corrected chi connectivity index (χ4v) is 2.09. The number of amides is 1. The van der Waals surface area contributed by atoms with Crippen LogP contribution < -0.4 is 11.1 Å². The molecule has 0 radical (unpaired) electrons. The van der Waals surface area contributed by atoms with Crippen LogP contribution in [0.1, 0.15) is 16.1 Å². The molecular formula is C14H14N6O. The summed E-state index contributed by atoms with van der Waals surface area (Å²) in [4.78, 5) is 20.6. The second kappa shape index (κ2) is 4.86. The van der Waals surface area contributed by atoms with Gasteiger partial charge in [-0.15, -0.1) is 0 Å². The van der Waals surface area contributed by atoms with Gasteiger partial charge in [-0.25, -0.2) is 9.97 Å². The Bertz CT molecular complexity index is 839. The largest absolute Gasteiger partial charge is 0.368 e. The zero-order valence-electron chi connectivity index (χ0n) is 11.7. The predicted molar refractivity (Wildman–Crippen MR) is 79.8 cm³/mol. The number of aromatic nitrogens is 4. The van der Waals surface area contributed by atoms with E-state index in [-0.39, 0.29) is 17.5 Å². The molecule has 0 aliphatic heterocycles. The lowest BCUT2D eigenvalue weighted by Gasteiger charge is -2.07. The van der Waals surface area contributed by atoms with Gasteiger partial charge in [0.1, 0.15) is 5.69 Å². The number of carbonyl (C=O) groups excluding carboxylic acids is 1. The Hall–Kier alpha value is -2.96. The second-order valence-corrected chi connectivity index (χ2v) is 4.78. The number of rotatable bonds is 2. The van der Waals surface area contributed by atoms with E-state index >= 15 is 0 Å². The smallest absolute Gasteiger partial charge is 0.276 e. The lowest BCUT2D eigenvalue weighted by molar-refractivity contribution is 0.102.